The van der Waals surface area contributed by atoms with Gasteiger partial charge in [-0.2, -0.15) is 0 Å². The molecule has 6 heteroatoms. The monoisotopic (exact) mass is 360 g/mol. The van der Waals surface area contributed by atoms with Crippen molar-refractivity contribution in [2.45, 2.75) is 32.9 Å². The van der Waals surface area contributed by atoms with Gasteiger partial charge in [0.25, 0.3) is 0 Å². The van der Waals surface area contributed by atoms with Crippen LogP contribution in [-0.2, 0) is 17.8 Å². The molecular weight excluding hydrogens is 336 g/mol. The van der Waals surface area contributed by atoms with E-state index in [1.165, 1.54) is 0 Å². The Hall–Kier alpha value is -2.40. The Morgan fingerprint density at radius 3 is 2.64 bits per heavy atom. The van der Waals surface area contributed by atoms with Gasteiger partial charge < -0.3 is 20.4 Å². The molecule has 1 aromatic carbocycles. The number of nitrogens with zero attached hydrogens (tertiary/aromatic N) is 2. The number of benzene rings is 1. The highest BCUT2D eigenvalue weighted by molar-refractivity contribution is 6.30. The van der Waals surface area contributed by atoms with Crippen molar-refractivity contribution >= 4 is 17.3 Å². The number of hydrogen-bond acceptors (Lipinski definition) is 4. The van der Waals surface area contributed by atoms with E-state index in [0.29, 0.717) is 24.7 Å². The van der Waals surface area contributed by atoms with Crippen molar-refractivity contribution in [1.82, 2.24) is 14.9 Å². The number of rotatable bonds is 10. The van der Waals surface area contributed by atoms with Gasteiger partial charge in [-0.3, -0.25) is 0 Å². The Balaban J connectivity index is 1.61. The number of unbranched alkanes of at least 4 members (excludes halogenated alkanes) is 1. The molecule has 2 aromatic rings. The average Bonchev–Trinajstić information content (AvgIpc) is 2.95. The number of halogens is 1. The Bertz CT molecular complexity index is 722. The van der Waals surface area contributed by atoms with Gasteiger partial charge in [0.15, 0.2) is 5.88 Å². The number of aryl methyl sites for hydroxylation is 1. The summed E-state index contributed by atoms with van der Waals surface area (Å²) in [5, 5.41) is 3.88. The molecule has 0 aliphatic carbocycles. The Labute approximate surface area is 154 Å². The fourth-order valence-electron chi connectivity index (χ4n) is 2.42. The predicted octanol–water partition coefficient (Wildman–Crippen LogP) is 3.83. The van der Waals surface area contributed by atoms with Crippen LogP contribution >= 0.6 is 11.6 Å². The summed E-state index contributed by atoms with van der Waals surface area (Å²) in [5.74, 6) is 0.579. The van der Waals surface area contributed by atoms with E-state index in [-0.39, 0.29) is 0 Å². The van der Waals surface area contributed by atoms with Crippen molar-refractivity contribution in [2.24, 2.45) is 5.73 Å². The molecule has 0 unspecified atom stereocenters. The lowest BCUT2D eigenvalue weighted by Gasteiger charge is -2.12. The highest BCUT2D eigenvalue weighted by Crippen LogP contribution is 2.12. The van der Waals surface area contributed by atoms with Crippen LogP contribution in [0.1, 0.15) is 29.8 Å². The fourth-order valence-corrected chi connectivity index (χ4v) is 2.54. The number of hydrogen-bond donors (Lipinski definition) is 2. The van der Waals surface area contributed by atoms with Crippen LogP contribution in [0.15, 0.2) is 49.6 Å². The van der Waals surface area contributed by atoms with Gasteiger partial charge >= 0.3 is 0 Å². The quantitative estimate of drug-likeness (QED) is 0.499. The van der Waals surface area contributed by atoms with Crippen LogP contribution in [0, 0.1) is 6.92 Å². The van der Waals surface area contributed by atoms with Gasteiger partial charge in [-0.15, -0.1) is 0 Å². The van der Waals surface area contributed by atoms with Crippen LogP contribution < -0.4 is 11.1 Å². The Morgan fingerprint density at radius 2 is 2.00 bits per heavy atom. The van der Waals surface area contributed by atoms with Crippen molar-refractivity contribution in [1.29, 1.82) is 0 Å². The van der Waals surface area contributed by atoms with E-state index in [0.717, 1.165) is 41.4 Å². The molecule has 0 spiro atoms. The predicted molar refractivity (Wildman–Crippen MR) is 103 cm³/mol. The normalized spacial score (nSPS) is 10.5. The third-order valence-electron chi connectivity index (χ3n) is 3.88. The average molecular weight is 361 g/mol. The van der Waals surface area contributed by atoms with Crippen LogP contribution in [0.5, 0.6) is 0 Å². The van der Waals surface area contributed by atoms with E-state index in [2.05, 4.69) is 28.0 Å². The number of nitrogens with two attached hydrogens (primary N) is 1. The van der Waals surface area contributed by atoms with Crippen molar-refractivity contribution < 1.29 is 4.74 Å². The summed E-state index contributed by atoms with van der Waals surface area (Å²) in [6.07, 6.45) is 3.71. The maximum Gasteiger partial charge on any atom is 0.179 e. The molecule has 134 valence electrons. The number of imidazole rings is 1. The molecule has 0 atom stereocenters. The van der Waals surface area contributed by atoms with E-state index in [1.54, 1.807) is 6.33 Å². The maximum atomic E-state index is 5.86. The summed E-state index contributed by atoms with van der Waals surface area (Å²) in [5.41, 5.74) is 9.15. The first-order chi connectivity index (χ1) is 12.0. The van der Waals surface area contributed by atoms with E-state index < -0.39 is 0 Å². The van der Waals surface area contributed by atoms with E-state index in [9.17, 15) is 0 Å². The summed E-state index contributed by atoms with van der Waals surface area (Å²) in [7, 11) is 0. The molecule has 0 bridgehead atoms. The molecule has 0 fully saturated rings. The van der Waals surface area contributed by atoms with Gasteiger partial charge in [0.05, 0.1) is 18.6 Å². The summed E-state index contributed by atoms with van der Waals surface area (Å²) in [6, 6.07) is 7.68. The second-order valence-electron chi connectivity index (χ2n) is 5.86. The molecule has 0 amide bonds. The third-order valence-corrected chi connectivity index (χ3v) is 4.13. The molecule has 3 N–H and O–H groups in total. The van der Waals surface area contributed by atoms with Crippen molar-refractivity contribution in [3.63, 3.8) is 0 Å². The summed E-state index contributed by atoms with van der Waals surface area (Å²) in [4.78, 5) is 4.28. The van der Waals surface area contributed by atoms with Gasteiger partial charge in [0.1, 0.15) is 5.69 Å². The molecule has 1 heterocycles. The van der Waals surface area contributed by atoms with Gasteiger partial charge in [-0.05, 0) is 44.0 Å². The van der Waals surface area contributed by atoms with Gasteiger partial charge in [-0.1, -0.05) is 30.3 Å². The van der Waals surface area contributed by atoms with Crippen LogP contribution in [-0.4, -0.2) is 16.2 Å². The van der Waals surface area contributed by atoms with Gasteiger partial charge in [-0.25, -0.2) is 4.98 Å². The highest BCUT2D eigenvalue weighted by Gasteiger charge is 2.07. The zero-order chi connectivity index (χ0) is 18.2. The van der Waals surface area contributed by atoms with Gasteiger partial charge in [0.2, 0.25) is 0 Å². The molecule has 2 rings (SSSR count). The first-order valence-corrected chi connectivity index (χ1v) is 8.61. The molecule has 0 saturated heterocycles. The molecule has 1 aromatic heterocycles. The first kappa shape index (κ1) is 18.9. The van der Waals surface area contributed by atoms with E-state index in [4.69, 9.17) is 22.1 Å². The molecule has 0 saturated carbocycles. The zero-order valence-corrected chi connectivity index (χ0v) is 15.4. The van der Waals surface area contributed by atoms with Crippen LogP contribution in [0.4, 0.5) is 0 Å². The summed E-state index contributed by atoms with van der Waals surface area (Å²) < 4.78 is 7.69. The van der Waals surface area contributed by atoms with Crippen LogP contribution in [0.2, 0.25) is 5.02 Å². The number of ether oxygens (including phenoxy) is 1. The minimum absolute atomic E-state index is 0.502. The Morgan fingerprint density at radius 1 is 1.28 bits per heavy atom. The Kier molecular flexibility index (Phi) is 6.95. The van der Waals surface area contributed by atoms with Gasteiger partial charge in [0, 0.05) is 23.8 Å². The number of nitrogens with one attached hydrogen (secondary N) is 1. The standard InChI is InChI=1S/C19H25ClN4O/c1-14(21)19-15(2)24(13-23-19)10-4-5-11-25-16(3)22-12-17-6-8-18(20)9-7-17/h6-9,13,22H,1,3-5,10-12,21H2,2H3. The lowest BCUT2D eigenvalue weighted by Crippen LogP contribution is -2.15. The SMILES string of the molecule is C=C(NCc1ccc(Cl)cc1)OCCCCn1cnc(C(=C)N)c1C. The molecule has 0 aliphatic rings. The maximum absolute atomic E-state index is 5.86. The van der Waals surface area contributed by atoms with Crippen molar-refractivity contribution in [3.8, 4) is 0 Å². The lowest BCUT2D eigenvalue weighted by molar-refractivity contribution is 0.184. The molecular formula is C19H25ClN4O. The van der Waals surface area contributed by atoms with Crippen LogP contribution in [0.3, 0.4) is 0 Å². The minimum Gasteiger partial charge on any atom is -0.480 e. The lowest BCUT2D eigenvalue weighted by atomic mass is 10.2. The van der Waals surface area contributed by atoms with Crippen LogP contribution in [0.25, 0.3) is 5.70 Å². The summed E-state index contributed by atoms with van der Waals surface area (Å²) in [6.45, 7) is 11.8. The smallest absolute Gasteiger partial charge is 0.179 e. The second kappa shape index (κ2) is 9.18. The molecule has 0 radical (unpaired) electrons. The fraction of sp³-hybridized carbons (Fsp3) is 0.316. The summed E-state index contributed by atoms with van der Waals surface area (Å²) >= 11 is 5.86. The zero-order valence-electron chi connectivity index (χ0n) is 14.6. The van der Waals surface area contributed by atoms with E-state index >= 15 is 0 Å². The molecule has 0 aliphatic heterocycles. The van der Waals surface area contributed by atoms with E-state index in [1.807, 2.05) is 31.2 Å². The topological polar surface area (TPSA) is 65.1 Å². The molecule has 25 heavy (non-hydrogen) atoms. The molecule has 5 nitrogen and oxygen atoms in total. The largest absolute Gasteiger partial charge is 0.480 e. The van der Waals surface area contributed by atoms with Crippen molar-refractivity contribution in [2.75, 3.05) is 6.61 Å². The third kappa shape index (κ3) is 5.87. The second-order valence-corrected chi connectivity index (χ2v) is 6.29. The van der Waals surface area contributed by atoms with Crippen molar-refractivity contribution in [3.05, 3.63) is 71.6 Å². The minimum atomic E-state index is 0.502. The number of aromatic nitrogens is 2. The first-order valence-electron chi connectivity index (χ1n) is 8.24. The highest BCUT2D eigenvalue weighted by atomic mass is 35.5.